The summed E-state index contributed by atoms with van der Waals surface area (Å²) in [6, 6.07) is 12.7. The van der Waals surface area contributed by atoms with Crippen molar-refractivity contribution in [2.24, 2.45) is 0 Å². The zero-order valence-electron chi connectivity index (χ0n) is 14.6. The second-order valence-corrected chi connectivity index (χ2v) is 7.42. The monoisotopic (exact) mass is 387 g/mol. The van der Waals surface area contributed by atoms with Crippen molar-refractivity contribution in [2.75, 3.05) is 6.61 Å². The highest BCUT2D eigenvalue weighted by molar-refractivity contribution is 7.98. The Hall–Kier alpha value is -2.25. The second-order valence-electron chi connectivity index (χ2n) is 6.47. The Balaban J connectivity index is 1.59. The number of nitrogens with zero attached hydrogens (tertiary/aromatic N) is 3. The van der Waals surface area contributed by atoms with Crippen molar-refractivity contribution in [1.29, 1.82) is 0 Å². The van der Waals surface area contributed by atoms with E-state index in [-0.39, 0.29) is 17.7 Å². The van der Waals surface area contributed by atoms with Gasteiger partial charge in [-0.2, -0.15) is 0 Å². The maximum absolute atomic E-state index is 13.3. The number of rotatable bonds is 6. The van der Waals surface area contributed by atoms with Crippen LogP contribution in [-0.4, -0.2) is 27.5 Å². The van der Waals surface area contributed by atoms with Gasteiger partial charge in [-0.1, -0.05) is 23.9 Å². The van der Waals surface area contributed by atoms with Gasteiger partial charge in [0.1, 0.15) is 11.6 Å². The van der Waals surface area contributed by atoms with E-state index in [1.807, 2.05) is 4.57 Å². The highest BCUT2D eigenvalue weighted by Crippen LogP contribution is 2.28. The van der Waals surface area contributed by atoms with E-state index in [4.69, 9.17) is 4.74 Å². The van der Waals surface area contributed by atoms with E-state index in [9.17, 15) is 8.78 Å². The predicted molar refractivity (Wildman–Crippen MR) is 100 cm³/mol. The minimum atomic E-state index is -0.283. The first-order chi connectivity index (χ1) is 13.2. The van der Waals surface area contributed by atoms with Gasteiger partial charge in [-0.25, -0.2) is 8.78 Å². The van der Waals surface area contributed by atoms with Crippen LogP contribution in [0.1, 0.15) is 18.4 Å². The van der Waals surface area contributed by atoms with Crippen molar-refractivity contribution >= 4 is 11.8 Å². The van der Waals surface area contributed by atoms with Gasteiger partial charge in [-0.05, 0) is 54.8 Å². The normalized spacial score (nSPS) is 16.7. The molecule has 27 heavy (non-hydrogen) atoms. The van der Waals surface area contributed by atoms with E-state index < -0.39 is 0 Å². The van der Waals surface area contributed by atoms with Crippen molar-refractivity contribution in [3.8, 4) is 11.4 Å². The van der Waals surface area contributed by atoms with Crippen LogP contribution < -0.4 is 0 Å². The van der Waals surface area contributed by atoms with Gasteiger partial charge < -0.3 is 4.74 Å². The molecule has 0 spiro atoms. The van der Waals surface area contributed by atoms with Crippen molar-refractivity contribution < 1.29 is 13.5 Å². The highest BCUT2D eigenvalue weighted by atomic mass is 32.2. The van der Waals surface area contributed by atoms with E-state index in [1.165, 1.54) is 24.3 Å². The lowest BCUT2D eigenvalue weighted by molar-refractivity contribution is 0.0953. The molecule has 4 rings (SSSR count). The minimum absolute atomic E-state index is 0.130. The standard InChI is InChI=1S/C20H19F2N3OS/c21-16-7-3-14(4-8-16)13-27-20-24-23-19(15-5-9-17(22)10-6-15)25(20)12-18-2-1-11-26-18/h3-10,18H,1-2,11-13H2/t18-/m0/s1. The Labute approximate surface area is 160 Å². The SMILES string of the molecule is Fc1ccc(CSc2nnc(-c3ccc(F)cc3)n2C[C@@H]2CCCO2)cc1. The number of thioether (sulfide) groups is 1. The Morgan fingerprint density at radius 2 is 1.70 bits per heavy atom. The highest BCUT2D eigenvalue weighted by Gasteiger charge is 2.21. The third kappa shape index (κ3) is 4.36. The molecule has 1 aliphatic heterocycles. The van der Waals surface area contributed by atoms with Crippen LogP contribution in [0.25, 0.3) is 11.4 Å². The fraction of sp³-hybridized carbons (Fsp3) is 0.300. The number of benzene rings is 2. The van der Waals surface area contributed by atoms with Gasteiger partial charge in [0.25, 0.3) is 0 Å². The van der Waals surface area contributed by atoms with Crippen LogP contribution in [0.4, 0.5) is 8.78 Å². The quantitative estimate of drug-likeness (QED) is 0.575. The molecule has 0 saturated carbocycles. The van der Waals surface area contributed by atoms with Gasteiger partial charge >= 0.3 is 0 Å². The largest absolute Gasteiger partial charge is 0.376 e. The molecule has 0 amide bonds. The van der Waals surface area contributed by atoms with Crippen molar-refractivity contribution in [2.45, 2.75) is 36.4 Å². The summed E-state index contributed by atoms with van der Waals surface area (Å²) in [6.45, 7) is 1.43. The summed E-state index contributed by atoms with van der Waals surface area (Å²) in [5.41, 5.74) is 1.83. The molecule has 1 fully saturated rings. The molecular formula is C20H19F2N3OS. The van der Waals surface area contributed by atoms with E-state index in [0.29, 0.717) is 18.1 Å². The van der Waals surface area contributed by atoms with Crippen molar-refractivity contribution in [3.63, 3.8) is 0 Å². The molecule has 1 aliphatic rings. The average Bonchev–Trinajstić information content (AvgIpc) is 3.33. The van der Waals surface area contributed by atoms with Gasteiger partial charge in [-0.3, -0.25) is 4.57 Å². The summed E-state index contributed by atoms with van der Waals surface area (Å²) in [4.78, 5) is 0. The third-order valence-corrected chi connectivity index (χ3v) is 5.55. The third-order valence-electron chi connectivity index (χ3n) is 4.51. The van der Waals surface area contributed by atoms with Crippen LogP contribution in [0.5, 0.6) is 0 Å². The topological polar surface area (TPSA) is 39.9 Å². The summed E-state index contributed by atoms with van der Waals surface area (Å²) in [5.74, 6) is 0.832. The molecule has 3 aromatic rings. The van der Waals surface area contributed by atoms with Crippen LogP contribution in [0.15, 0.2) is 53.7 Å². The van der Waals surface area contributed by atoms with Crippen molar-refractivity contribution in [1.82, 2.24) is 14.8 Å². The van der Waals surface area contributed by atoms with E-state index in [2.05, 4.69) is 10.2 Å². The zero-order chi connectivity index (χ0) is 18.6. The molecule has 1 atom stereocenters. The second kappa shape index (κ2) is 8.19. The lowest BCUT2D eigenvalue weighted by atomic mass is 10.2. The first kappa shape index (κ1) is 18.1. The molecule has 0 N–H and O–H groups in total. The summed E-state index contributed by atoms with van der Waals surface area (Å²) >= 11 is 1.55. The summed E-state index contributed by atoms with van der Waals surface area (Å²) in [7, 11) is 0. The number of halogens is 2. The van der Waals surface area contributed by atoms with Gasteiger partial charge in [0.15, 0.2) is 11.0 Å². The van der Waals surface area contributed by atoms with Gasteiger partial charge in [-0.15, -0.1) is 10.2 Å². The smallest absolute Gasteiger partial charge is 0.191 e. The summed E-state index contributed by atoms with van der Waals surface area (Å²) in [5, 5.41) is 9.45. The molecule has 0 unspecified atom stereocenters. The molecule has 0 bridgehead atoms. The molecule has 2 aromatic carbocycles. The average molecular weight is 387 g/mol. The molecular weight excluding hydrogens is 368 g/mol. The minimum Gasteiger partial charge on any atom is -0.376 e. The first-order valence-electron chi connectivity index (χ1n) is 8.87. The van der Waals surface area contributed by atoms with Crippen LogP contribution in [0.2, 0.25) is 0 Å². The maximum Gasteiger partial charge on any atom is 0.191 e. The lowest BCUT2D eigenvalue weighted by Gasteiger charge is -2.14. The molecule has 7 heteroatoms. The maximum atomic E-state index is 13.3. The number of hydrogen-bond acceptors (Lipinski definition) is 4. The Bertz CT molecular complexity index is 891. The molecule has 4 nitrogen and oxygen atoms in total. The molecule has 140 valence electrons. The van der Waals surface area contributed by atoms with Gasteiger partial charge in [0.05, 0.1) is 12.6 Å². The van der Waals surface area contributed by atoms with E-state index >= 15 is 0 Å². The fourth-order valence-electron chi connectivity index (χ4n) is 3.09. The number of hydrogen-bond donors (Lipinski definition) is 0. The van der Waals surface area contributed by atoms with E-state index in [1.54, 1.807) is 36.0 Å². The van der Waals surface area contributed by atoms with E-state index in [0.717, 1.165) is 35.7 Å². The summed E-state index contributed by atoms with van der Waals surface area (Å²) < 4.78 is 34.2. The predicted octanol–water partition coefficient (Wildman–Crippen LogP) is 4.69. The Morgan fingerprint density at radius 3 is 2.37 bits per heavy atom. The Morgan fingerprint density at radius 1 is 1.00 bits per heavy atom. The zero-order valence-corrected chi connectivity index (χ0v) is 15.5. The lowest BCUT2D eigenvalue weighted by Crippen LogP contribution is -2.16. The Kier molecular flexibility index (Phi) is 5.50. The number of ether oxygens (including phenoxy) is 1. The van der Waals surface area contributed by atoms with Crippen LogP contribution in [0, 0.1) is 11.6 Å². The molecule has 0 aliphatic carbocycles. The molecule has 1 aromatic heterocycles. The van der Waals surface area contributed by atoms with Gasteiger partial charge in [0, 0.05) is 17.9 Å². The number of aromatic nitrogens is 3. The van der Waals surface area contributed by atoms with Crippen LogP contribution in [-0.2, 0) is 17.0 Å². The molecule has 0 radical (unpaired) electrons. The molecule has 2 heterocycles. The van der Waals surface area contributed by atoms with Gasteiger partial charge in [0.2, 0.25) is 0 Å². The van der Waals surface area contributed by atoms with Crippen LogP contribution >= 0.6 is 11.8 Å². The molecule has 1 saturated heterocycles. The van der Waals surface area contributed by atoms with Crippen molar-refractivity contribution in [3.05, 3.63) is 65.7 Å². The fourth-order valence-corrected chi connectivity index (χ4v) is 4.00. The first-order valence-corrected chi connectivity index (χ1v) is 9.85. The summed E-state index contributed by atoms with van der Waals surface area (Å²) in [6.07, 6.45) is 2.19. The van der Waals surface area contributed by atoms with Crippen LogP contribution in [0.3, 0.4) is 0 Å².